The zero-order chi connectivity index (χ0) is 84.8. The number of rotatable bonds is 9. The normalized spacial score (nSPS) is 11.8. The van der Waals surface area contributed by atoms with E-state index in [1.165, 1.54) is 29.0 Å². The number of phenolic OH excluding ortho intramolecular Hbond substituents is 6. The molecule has 0 aliphatic carbocycles. The van der Waals surface area contributed by atoms with Gasteiger partial charge in [0.25, 0.3) is 0 Å². The first-order valence-electron chi connectivity index (χ1n) is 39.9. The van der Waals surface area contributed by atoms with Crippen molar-refractivity contribution in [3.05, 3.63) is 380 Å². The third-order valence-electron chi connectivity index (χ3n) is 23.4. The van der Waals surface area contributed by atoms with Crippen molar-refractivity contribution in [2.45, 2.75) is 12.4 Å². The molecule has 22 rings (SSSR count). The Balaban J connectivity index is 0.000000121. The third-order valence-corrected chi connectivity index (χ3v) is 25.2. The summed E-state index contributed by atoms with van der Waals surface area (Å²) in [4.78, 5) is 5.39. The Kier molecular flexibility index (Phi) is 19.4. The molecule has 0 aliphatic rings. The van der Waals surface area contributed by atoms with Crippen molar-refractivity contribution in [1.82, 2.24) is 4.98 Å². The molecule has 0 unspecified atom stereocenters. The van der Waals surface area contributed by atoms with Crippen LogP contribution in [0.4, 0.5) is 26.3 Å². The second kappa shape index (κ2) is 31.1. The molecule has 124 heavy (non-hydrogen) atoms. The molecule has 0 atom stereocenters. The highest BCUT2D eigenvalue weighted by Crippen LogP contribution is 2.58. The number of alkyl halides is 6. The minimum absolute atomic E-state index is 0.0413. The summed E-state index contributed by atoms with van der Waals surface area (Å²) < 4.78 is 81.1. The Hall–Kier alpha value is -15.3. The predicted molar refractivity (Wildman–Crippen MR) is 497 cm³/mol. The lowest BCUT2D eigenvalue weighted by Crippen LogP contribution is -2.07. The number of halogens is 6. The van der Waals surface area contributed by atoms with Crippen LogP contribution in [0, 0.1) is 0 Å². The molecule has 15 heteroatoms. The largest absolute Gasteiger partial charge is 0.507 e. The van der Waals surface area contributed by atoms with Crippen molar-refractivity contribution in [2.24, 2.45) is 0 Å². The second-order valence-corrected chi connectivity index (χ2v) is 32.5. The summed E-state index contributed by atoms with van der Waals surface area (Å²) in [5, 5.41) is 94.7. The highest BCUT2D eigenvalue weighted by Gasteiger charge is 2.35. The summed E-state index contributed by atoms with van der Waals surface area (Å²) in [6.07, 6.45) is -8.35. The van der Waals surface area contributed by atoms with Gasteiger partial charge in [0.05, 0.1) is 5.56 Å². The number of fused-ring (bicyclic) bond motifs is 12. The smallest absolute Gasteiger partial charge is 0.433 e. The zero-order valence-electron chi connectivity index (χ0n) is 65.4. The van der Waals surface area contributed by atoms with Gasteiger partial charge in [0.15, 0.2) is 0 Å². The van der Waals surface area contributed by atoms with Gasteiger partial charge in [-0.1, -0.05) is 267 Å². The fraction of sp³-hybridized carbons (Fsp3) is 0.0183. The molecule has 0 bridgehead atoms. The average molecular weight is 1660 g/mol. The highest BCUT2D eigenvalue weighted by molar-refractivity contribution is 7.14. The van der Waals surface area contributed by atoms with Crippen LogP contribution in [-0.4, -0.2) is 35.6 Å². The molecule has 22 aromatic rings. The van der Waals surface area contributed by atoms with Gasteiger partial charge < -0.3 is 30.6 Å². The summed E-state index contributed by atoms with van der Waals surface area (Å²) in [5.74, 6) is -0.133. The van der Waals surface area contributed by atoms with Gasteiger partial charge in [-0.3, -0.25) is 4.98 Å². The number of aromatic nitrogens is 1. The van der Waals surface area contributed by atoms with Gasteiger partial charge in [-0.2, -0.15) is 26.3 Å². The lowest BCUT2D eigenvalue weighted by Gasteiger charge is -2.21. The quantitative estimate of drug-likeness (QED) is 0.0626. The standard InChI is InChI=1S/C48H30O2.C33H19F6NO2.C28H18O2S2/c49-47-43(41-25-29-13-1-5-17-33(29)37-21-9-11-23-39(37)41)27-31-15-3-7-19-35(31)45(47)46-36-20-8-4-16-32(36)28-44(48(46)50)42-26-30-14-2-6-18-34(30)38-22-10-12-24-40(38)42;34-32(35,36)22-9-5-8-18(14-22)25-15-19-6-1-3-10-23(19)28(30(25)41)29-24-11-4-2-7-20(24)16-26(31(29)42)21-12-13-40-27(17-21)33(37,38)39;29-27-21(23-11-5-13-31-23)15-17-7-1-3-9-19(17)25(27)26-20-10-4-2-8-18(20)16-22(28(26)30)24-12-6-14-32-24/h1-28,49-50H;1-17,41-42H;1-16,29-30H. The number of thiophene rings is 2. The third kappa shape index (κ3) is 13.5. The van der Waals surface area contributed by atoms with Crippen LogP contribution in [0.15, 0.2) is 369 Å². The molecule has 0 saturated heterocycles. The molecule has 6 N–H and O–H groups in total. The Morgan fingerprint density at radius 2 is 0.476 bits per heavy atom. The van der Waals surface area contributed by atoms with Gasteiger partial charge in [0, 0.05) is 82.7 Å². The fourth-order valence-corrected chi connectivity index (χ4v) is 19.3. The average Bonchev–Trinajstić information content (AvgIpc) is 0.932. The number of aromatic hydroxyl groups is 6. The van der Waals surface area contributed by atoms with E-state index < -0.39 is 35.1 Å². The molecule has 0 radical (unpaired) electrons. The van der Waals surface area contributed by atoms with Gasteiger partial charge in [0.2, 0.25) is 0 Å². The van der Waals surface area contributed by atoms with Gasteiger partial charge in [0.1, 0.15) is 40.2 Å². The van der Waals surface area contributed by atoms with E-state index in [0.717, 1.165) is 143 Å². The van der Waals surface area contributed by atoms with Crippen LogP contribution in [0.5, 0.6) is 34.5 Å². The maximum Gasteiger partial charge on any atom is 0.433 e. The Labute approximate surface area is 713 Å². The van der Waals surface area contributed by atoms with Crippen LogP contribution in [0.3, 0.4) is 0 Å². The van der Waals surface area contributed by atoms with E-state index in [1.54, 1.807) is 83.3 Å². The SMILES string of the molecule is Oc1c(-c2cc3ccccc3c3ccccc23)cc2ccccc2c1-c1c(O)c(-c2cc3ccccc3c3ccccc23)cc2ccccc12.Oc1c(-c2cccc(C(F)(F)F)c2)cc2ccccc2c1-c1c(O)c(-c2ccnc(C(F)(F)F)c2)cc2ccccc12.Oc1c(-c2cccs2)cc2ccccc2c1-c1c(O)c(-c2cccs2)cc2ccccc12. The number of hydrogen-bond donors (Lipinski definition) is 6. The molecule has 19 aromatic carbocycles. The summed E-state index contributed by atoms with van der Waals surface area (Å²) in [5.41, 5.74) is 5.97. The fourth-order valence-electron chi connectivity index (χ4n) is 17.8. The molecule has 0 saturated carbocycles. The van der Waals surface area contributed by atoms with Crippen LogP contribution < -0.4 is 0 Å². The maximum atomic E-state index is 13.5. The van der Waals surface area contributed by atoms with E-state index in [4.69, 9.17) is 0 Å². The molecule has 7 nitrogen and oxygen atoms in total. The molecule has 0 spiro atoms. The molecule has 0 aliphatic heterocycles. The molecule has 3 aromatic heterocycles. The van der Waals surface area contributed by atoms with Crippen LogP contribution in [0.2, 0.25) is 0 Å². The second-order valence-electron chi connectivity index (χ2n) is 30.6. The van der Waals surface area contributed by atoms with Gasteiger partial charge in [-0.15, -0.1) is 22.7 Å². The van der Waals surface area contributed by atoms with Crippen molar-refractivity contribution in [3.63, 3.8) is 0 Å². The van der Waals surface area contributed by atoms with Gasteiger partial charge in [-0.25, -0.2) is 0 Å². The van der Waals surface area contributed by atoms with Crippen molar-refractivity contribution < 1.29 is 57.0 Å². The van der Waals surface area contributed by atoms with Crippen LogP contribution in [0.25, 0.3) is 206 Å². The first-order valence-corrected chi connectivity index (χ1v) is 41.7. The number of nitrogens with zero attached hydrogens (tertiary/aromatic N) is 1. The number of pyridine rings is 1. The Morgan fingerprint density at radius 3 is 0.798 bits per heavy atom. The van der Waals surface area contributed by atoms with Crippen LogP contribution in [-0.2, 0) is 12.4 Å². The first kappa shape index (κ1) is 77.3. The maximum absolute atomic E-state index is 13.5. The number of hydrogen-bond acceptors (Lipinski definition) is 9. The summed E-state index contributed by atoms with van der Waals surface area (Å²) in [7, 11) is 0. The number of phenols is 6. The van der Waals surface area contributed by atoms with E-state index in [9.17, 15) is 57.0 Å². The highest BCUT2D eigenvalue weighted by atomic mass is 32.1. The minimum atomic E-state index is -4.72. The predicted octanol–water partition coefficient (Wildman–Crippen LogP) is 31.4. The molecule has 598 valence electrons. The van der Waals surface area contributed by atoms with E-state index in [2.05, 4.69) is 151 Å². The van der Waals surface area contributed by atoms with Crippen molar-refractivity contribution in [1.29, 1.82) is 0 Å². The number of benzene rings is 19. The first-order chi connectivity index (χ1) is 60.3. The van der Waals surface area contributed by atoms with E-state index in [1.807, 2.05) is 120 Å². The lowest BCUT2D eigenvalue weighted by atomic mass is 9.84. The van der Waals surface area contributed by atoms with Crippen molar-refractivity contribution in [3.8, 4) is 133 Å². The summed E-state index contributed by atoms with van der Waals surface area (Å²) in [6, 6.07) is 110. The lowest BCUT2D eigenvalue weighted by molar-refractivity contribution is -0.141. The summed E-state index contributed by atoms with van der Waals surface area (Å²) in [6.45, 7) is 0. The Morgan fingerprint density at radius 1 is 0.210 bits per heavy atom. The van der Waals surface area contributed by atoms with E-state index in [0.29, 0.717) is 43.8 Å². The molecule has 0 fully saturated rings. The molecule has 3 heterocycles. The van der Waals surface area contributed by atoms with Crippen molar-refractivity contribution >= 4 is 130 Å². The topological polar surface area (TPSA) is 134 Å². The van der Waals surface area contributed by atoms with Gasteiger partial charge >= 0.3 is 12.4 Å². The molecular formula is C109H67F6NO6S2. The van der Waals surface area contributed by atoms with E-state index in [-0.39, 0.29) is 56.4 Å². The van der Waals surface area contributed by atoms with Crippen LogP contribution in [0.1, 0.15) is 11.3 Å². The molecular weight excluding hydrogens is 1600 g/mol. The minimum Gasteiger partial charge on any atom is -0.507 e. The van der Waals surface area contributed by atoms with Gasteiger partial charge in [-0.05, 0) is 226 Å². The Bertz CT molecular complexity index is 7590. The van der Waals surface area contributed by atoms with Crippen molar-refractivity contribution in [2.75, 3.05) is 0 Å². The zero-order valence-corrected chi connectivity index (χ0v) is 67.1. The molecule has 0 amide bonds. The monoisotopic (exact) mass is 1660 g/mol. The van der Waals surface area contributed by atoms with E-state index >= 15 is 0 Å². The van der Waals surface area contributed by atoms with Crippen LogP contribution >= 0.6 is 22.7 Å². The summed E-state index contributed by atoms with van der Waals surface area (Å²) >= 11 is 3.18.